The van der Waals surface area contributed by atoms with E-state index in [4.69, 9.17) is 4.74 Å². The Hall–Kier alpha value is -0.910. The van der Waals surface area contributed by atoms with Crippen molar-refractivity contribution in [3.05, 3.63) is 35.9 Å². The number of benzene rings is 1. The molecule has 4 nitrogen and oxygen atoms in total. The molecule has 0 saturated carbocycles. The zero-order valence-corrected chi connectivity index (χ0v) is 13.3. The van der Waals surface area contributed by atoms with Crippen LogP contribution >= 0.6 is 0 Å². The summed E-state index contributed by atoms with van der Waals surface area (Å²) in [6.45, 7) is 4.75. The van der Waals surface area contributed by atoms with Gasteiger partial charge in [0.1, 0.15) is 0 Å². The Bertz CT molecular complexity index is 579. The van der Waals surface area contributed by atoms with E-state index in [1.165, 1.54) is 0 Å². The molecule has 3 rings (SSSR count). The first-order valence-electron chi connectivity index (χ1n) is 7.61. The number of hydrogen-bond donors (Lipinski definition) is 0. The van der Waals surface area contributed by atoms with Crippen LogP contribution in [-0.4, -0.2) is 44.8 Å². The summed E-state index contributed by atoms with van der Waals surface area (Å²) in [7, 11) is -3.19. The Labute approximate surface area is 127 Å². The van der Waals surface area contributed by atoms with Crippen LogP contribution in [0.5, 0.6) is 0 Å². The van der Waals surface area contributed by atoms with Gasteiger partial charge in [0.15, 0.2) is 0 Å². The molecule has 0 aromatic heterocycles. The summed E-state index contributed by atoms with van der Waals surface area (Å²) in [5.74, 6) is 0.209. The smallest absolute Gasteiger partial charge is 0.214 e. The van der Waals surface area contributed by atoms with E-state index in [1.807, 2.05) is 37.3 Å². The van der Waals surface area contributed by atoms with Crippen LogP contribution in [0.3, 0.4) is 0 Å². The highest BCUT2D eigenvalue weighted by Gasteiger charge is 2.45. The van der Waals surface area contributed by atoms with Gasteiger partial charge in [-0.2, -0.15) is 0 Å². The maximum absolute atomic E-state index is 12.6. The predicted octanol–water partition coefficient (Wildman–Crippen LogP) is 2.23. The fraction of sp³-hybridized carbons (Fsp3) is 0.625. The van der Waals surface area contributed by atoms with Crippen LogP contribution in [0.15, 0.2) is 30.3 Å². The lowest BCUT2D eigenvalue weighted by Crippen LogP contribution is -2.35. The van der Waals surface area contributed by atoms with Crippen LogP contribution < -0.4 is 0 Å². The minimum atomic E-state index is -3.19. The minimum Gasteiger partial charge on any atom is -0.381 e. The molecule has 21 heavy (non-hydrogen) atoms. The summed E-state index contributed by atoms with van der Waals surface area (Å²) in [5, 5.41) is 0. The average Bonchev–Trinajstić information content (AvgIpc) is 3.11. The van der Waals surface area contributed by atoms with Gasteiger partial charge in [-0.05, 0) is 24.3 Å². The Morgan fingerprint density at radius 1 is 1.29 bits per heavy atom. The van der Waals surface area contributed by atoms with E-state index in [0.717, 1.165) is 25.0 Å². The van der Waals surface area contributed by atoms with Crippen molar-refractivity contribution in [2.24, 2.45) is 5.41 Å². The molecule has 1 spiro atoms. The van der Waals surface area contributed by atoms with Crippen molar-refractivity contribution in [1.29, 1.82) is 0 Å². The zero-order chi connectivity index (χ0) is 14.9. The van der Waals surface area contributed by atoms with E-state index >= 15 is 0 Å². The number of hydrogen-bond acceptors (Lipinski definition) is 3. The second-order valence-electron chi connectivity index (χ2n) is 6.48. The first-order chi connectivity index (χ1) is 10.0. The maximum atomic E-state index is 12.6. The molecule has 2 fully saturated rings. The molecule has 0 unspecified atom stereocenters. The molecular weight excluding hydrogens is 286 g/mol. The summed E-state index contributed by atoms with van der Waals surface area (Å²) in [6, 6.07) is 9.86. The molecule has 2 aliphatic rings. The normalized spacial score (nSPS) is 28.2. The van der Waals surface area contributed by atoms with E-state index in [-0.39, 0.29) is 17.1 Å². The number of rotatable bonds is 4. The van der Waals surface area contributed by atoms with E-state index < -0.39 is 10.0 Å². The number of nitrogens with zero attached hydrogens (tertiary/aromatic N) is 1. The molecule has 2 atom stereocenters. The summed E-state index contributed by atoms with van der Waals surface area (Å²) >= 11 is 0. The zero-order valence-electron chi connectivity index (χ0n) is 12.5. The molecule has 0 amide bonds. The van der Waals surface area contributed by atoms with Crippen molar-refractivity contribution in [3.63, 3.8) is 0 Å². The first-order valence-corrected chi connectivity index (χ1v) is 9.22. The summed E-state index contributed by atoms with van der Waals surface area (Å²) in [4.78, 5) is 0. The average molecular weight is 309 g/mol. The van der Waals surface area contributed by atoms with Gasteiger partial charge in [-0.25, -0.2) is 12.7 Å². The fourth-order valence-corrected chi connectivity index (χ4v) is 5.28. The van der Waals surface area contributed by atoms with Gasteiger partial charge >= 0.3 is 0 Å². The Morgan fingerprint density at radius 3 is 2.71 bits per heavy atom. The topological polar surface area (TPSA) is 46.6 Å². The molecule has 0 radical (unpaired) electrons. The largest absolute Gasteiger partial charge is 0.381 e. The van der Waals surface area contributed by atoms with Crippen LogP contribution in [-0.2, 0) is 14.8 Å². The summed E-state index contributed by atoms with van der Waals surface area (Å²) < 4.78 is 32.4. The SMILES string of the molecule is C[C@@H](CS(=O)(=O)N1CC[C@]2(CCOC2)C1)c1ccccc1. The standard InChI is InChI=1S/C16H23NO3S/c1-14(15-5-3-2-4-6-15)11-21(18,19)17-9-7-16(12-17)8-10-20-13-16/h2-6,14H,7-13H2,1H3/t14-,16-/m0/s1. The van der Waals surface area contributed by atoms with Crippen molar-refractivity contribution >= 4 is 10.0 Å². The Balaban J connectivity index is 1.67. The molecule has 0 N–H and O–H groups in total. The van der Waals surface area contributed by atoms with Gasteiger partial charge in [-0.3, -0.25) is 0 Å². The summed E-state index contributed by atoms with van der Waals surface area (Å²) in [6.07, 6.45) is 1.93. The molecule has 0 bridgehead atoms. The lowest BCUT2D eigenvalue weighted by Gasteiger charge is -2.23. The van der Waals surface area contributed by atoms with Gasteiger partial charge in [0.2, 0.25) is 10.0 Å². The molecule has 2 heterocycles. The molecule has 5 heteroatoms. The third kappa shape index (κ3) is 3.15. The van der Waals surface area contributed by atoms with Gasteiger partial charge in [-0.15, -0.1) is 0 Å². The quantitative estimate of drug-likeness (QED) is 0.857. The predicted molar refractivity (Wildman–Crippen MR) is 82.7 cm³/mol. The number of ether oxygens (including phenoxy) is 1. The molecule has 0 aliphatic carbocycles. The lowest BCUT2D eigenvalue weighted by atomic mass is 9.87. The molecule has 1 aromatic rings. The molecular formula is C16H23NO3S. The lowest BCUT2D eigenvalue weighted by molar-refractivity contribution is 0.157. The van der Waals surface area contributed by atoms with E-state index in [0.29, 0.717) is 19.7 Å². The van der Waals surface area contributed by atoms with E-state index in [2.05, 4.69) is 0 Å². The second kappa shape index (κ2) is 5.71. The highest BCUT2D eigenvalue weighted by atomic mass is 32.2. The number of sulfonamides is 1. The fourth-order valence-electron chi connectivity index (χ4n) is 3.40. The van der Waals surface area contributed by atoms with Crippen molar-refractivity contribution in [1.82, 2.24) is 4.31 Å². The third-order valence-electron chi connectivity index (χ3n) is 4.81. The maximum Gasteiger partial charge on any atom is 0.214 e. The van der Waals surface area contributed by atoms with Crippen LogP contribution in [0, 0.1) is 5.41 Å². The van der Waals surface area contributed by atoms with Crippen LogP contribution in [0.4, 0.5) is 0 Å². The highest BCUT2D eigenvalue weighted by molar-refractivity contribution is 7.89. The van der Waals surface area contributed by atoms with Crippen LogP contribution in [0.2, 0.25) is 0 Å². The van der Waals surface area contributed by atoms with Gasteiger partial charge in [0.05, 0.1) is 12.4 Å². The summed E-state index contributed by atoms with van der Waals surface area (Å²) in [5.41, 5.74) is 1.17. The Morgan fingerprint density at radius 2 is 2.05 bits per heavy atom. The van der Waals surface area contributed by atoms with Gasteiger partial charge in [-0.1, -0.05) is 37.3 Å². The van der Waals surface area contributed by atoms with E-state index in [1.54, 1.807) is 4.31 Å². The molecule has 116 valence electrons. The van der Waals surface area contributed by atoms with Gasteiger partial charge in [0.25, 0.3) is 0 Å². The van der Waals surface area contributed by atoms with Crippen molar-refractivity contribution < 1.29 is 13.2 Å². The molecule has 2 saturated heterocycles. The molecule has 1 aromatic carbocycles. The van der Waals surface area contributed by atoms with E-state index in [9.17, 15) is 8.42 Å². The van der Waals surface area contributed by atoms with Crippen LogP contribution in [0.1, 0.15) is 31.2 Å². The third-order valence-corrected chi connectivity index (χ3v) is 6.83. The second-order valence-corrected chi connectivity index (χ2v) is 8.49. The van der Waals surface area contributed by atoms with Gasteiger partial charge < -0.3 is 4.74 Å². The van der Waals surface area contributed by atoms with Crippen molar-refractivity contribution in [2.75, 3.05) is 32.1 Å². The van der Waals surface area contributed by atoms with Crippen molar-refractivity contribution in [3.8, 4) is 0 Å². The molecule has 2 aliphatic heterocycles. The first kappa shape index (κ1) is 15.0. The van der Waals surface area contributed by atoms with Crippen molar-refractivity contribution in [2.45, 2.75) is 25.7 Å². The highest BCUT2D eigenvalue weighted by Crippen LogP contribution is 2.39. The van der Waals surface area contributed by atoms with Crippen LogP contribution in [0.25, 0.3) is 0 Å². The Kier molecular flexibility index (Phi) is 4.08. The monoisotopic (exact) mass is 309 g/mol. The minimum absolute atomic E-state index is 0.0209. The van der Waals surface area contributed by atoms with Gasteiger partial charge in [0, 0.05) is 25.1 Å².